The summed E-state index contributed by atoms with van der Waals surface area (Å²) in [5, 5.41) is 26.0. The van der Waals surface area contributed by atoms with Crippen molar-refractivity contribution in [2.75, 3.05) is 26.2 Å². The maximum atomic E-state index is 13.1. The number of fused-ring (bicyclic) bond motifs is 5. The maximum Gasteiger partial charge on any atom is 0.220 e. The summed E-state index contributed by atoms with van der Waals surface area (Å²) < 4.78 is 0. The molecule has 0 heterocycles. The molecule has 0 spiro atoms. The largest absolute Gasteiger partial charge is 0.393 e. The van der Waals surface area contributed by atoms with Gasteiger partial charge < -0.3 is 20.4 Å². The van der Waals surface area contributed by atoms with E-state index in [0.717, 1.165) is 45.1 Å². The normalized spacial score (nSPS) is 31.8. The number of nitrogens with zero attached hydrogens (tertiary/aromatic N) is 1. The first-order chi connectivity index (χ1) is 29.1. The summed E-state index contributed by atoms with van der Waals surface area (Å²) in [4.78, 5) is 15.9. The van der Waals surface area contributed by atoms with Crippen molar-refractivity contribution < 1.29 is 15.0 Å². The van der Waals surface area contributed by atoms with E-state index in [9.17, 15) is 15.0 Å². The highest BCUT2D eigenvalue weighted by Gasteiger charge is 2.64. The third kappa shape index (κ3) is 15.5. The van der Waals surface area contributed by atoms with Gasteiger partial charge in [-0.1, -0.05) is 170 Å². The summed E-state index contributed by atoms with van der Waals surface area (Å²) in [6.45, 7) is 19.1. The van der Waals surface area contributed by atoms with Crippen LogP contribution >= 0.6 is 0 Å². The van der Waals surface area contributed by atoms with Crippen LogP contribution in [0.3, 0.4) is 0 Å². The average Bonchev–Trinajstić information content (AvgIpc) is 3.60. The number of nitrogens with one attached hydrogen (secondary N) is 1. The SMILES string of the molecule is CCCCCCCCCCCN(CCCCCCCCCCC)CCCCCCCNC(=O)CC[C@@H](C)[C@H]1CC[C@H]2[C@@H]3[C@H](O)[C@H](CC)[C@@H]4C[C@H](O)CC[C@]4(C)[C@H]3CC[C@]12C. The van der Waals surface area contributed by atoms with Crippen LogP contribution in [0, 0.1) is 52.3 Å². The molecule has 0 saturated heterocycles. The zero-order valence-electron chi connectivity index (χ0n) is 41.1. The van der Waals surface area contributed by atoms with Crippen LogP contribution < -0.4 is 5.32 Å². The Hall–Kier alpha value is -0.650. The fourth-order valence-electron chi connectivity index (χ4n) is 14.4. The van der Waals surface area contributed by atoms with Crippen molar-refractivity contribution in [3.05, 3.63) is 0 Å². The van der Waals surface area contributed by atoms with Gasteiger partial charge in [-0.05, 0) is 149 Å². The summed E-state index contributed by atoms with van der Waals surface area (Å²) >= 11 is 0. The van der Waals surface area contributed by atoms with Crippen molar-refractivity contribution >= 4 is 5.91 Å². The van der Waals surface area contributed by atoms with Crippen molar-refractivity contribution in [1.82, 2.24) is 10.2 Å². The number of hydrogen-bond acceptors (Lipinski definition) is 4. The molecule has 0 unspecified atom stereocenters. The molecule has 4 saturated carbocycles. The molecule has 1 amide bonds. The molecule has 4 rings (SSSR count). The topological polar surface area (TPSA) is 72.8 Å². The Morgan fingerprint density at radius 1 is 0.617 bits per heavy atom. The van der Waals surface area contributed by atoms with Gasteiger partial charge in [0.05, 0.1) is 12.2 Å². The Labute approximate surface area is 373 Å². The molecule has 0 aromatic heterocycles. The third-order valence-corrected chi connectivity index (χ3v) is 18.1. The van der Waals surface area contributed by atoms with E-state index < -0.39 is 0 Å². The van der Waals surface area contributed by atoms with Crippen LogP contribution in [0.25, 0.3) is 0 Å². The summed E-state index contributed by atoms with van der Waals surface area (Å²) in [7, 11) is 0. The maximum absolute atomic E-state index is 13.1. The molecule has 0 aromatic rings. The molecule has 0 aromatic carbocycles. The van der Waals surface area contributed by atoms with Crippen LogP contribution in [-0.4, -0.2) is 59.4 Å². The van der Waals surface area contributed by atoms with Crippen molar-refractivity contribution in [1.29, 1.82) is 0 Å². The van der Waals surface area contributed by atoms with E-state index in [1.807, 2.05) is 0 Å². The molecule has 4 aliphatic rings. The van der Waals surface area contributed by atoms with Crippen LogP contribution in [0.1, 0.15) is 253 Å². The van der Waals surface area contributed by atoms with E-state index in [-0.39, 0.29) is 28.9 Å². The summed E-state index contributed by atoms with van der Waals surface area (Å²) in [6.07, 6.45) is 41.9. The summed E-state index contributed by atoms with van der Waals surface area (Å²) in [5.41, 5.74) is 0.526. The van der Waals surface area contributed by atoms with Gasteiger partial charge >= 0.3 is 0 Å². The highest BCUT2D eigenvalue weighted by molar-refractivity contribution is 5.75. The first kappa shape index (κ1) is 52.0. The van der Waals surface area contributed by atoms with E-state index >= 15 is 0 Å². The second-order valence-corrected chi connectivity index (χ2v) is 22.3. The van der Waals surface area contributed by atoms with Gasteiger partial charge in [-0.15, -0.1) is 0 Å². The number of hydrogen-bond donors (Lipinski definition) is 3. The van der Waals surface area contributed by atoms with E-state index in [4.69, 9.17) is 0 Å². The van der Waals surface area contributed by atoms with Gasteiger partial charge in [0.1, 0.15) is 0 Å². The van der Waals surface area contributed by atoms with Crippen LogP contribution in [0.4, 0.5) is 0 Å². The molecule has 60 heavy (non-hydrogen) atoms. The zero-order valence-corrected chi connectivity index (χ0v) is 41.1. The first-order valence-corrected chi connectivity index (χ1v) is 27.5. The van der Waals surface area contributed by atoms with E-state index in [1.165, 1.54) is 187 Å². The van der Waals surface area contributed by atoms with Crippen LogP contribution in [0.15, 0.2) is 0 Å². The van der Waals surface area contributed by atoms with Gasteiger partial charge in [0.2, 0.25) is 5.91 Å². The zero-order chi connectivity index (χ0) is 43.2. The molecule has 4 aliphatic carbocycles. The molecular formula is C55H104N2O3. The minimum atomic E-state index is -0.230. The Kier molecular flexibility index (Phi) is 24.5. The molecule has 4 fully saturated rings. The molecule has 11 atom stereocenters. The van der Waals surface area contributed by atoms with Gasteiger partial charge in [0.15, 0.2) is 0 Å². The Balaban J connectivity index is 1.09. The number of carbonyl (C=O) groups is 1. The quantitative estimate of drug-likeness (QED) is 0.0576. The van der Waals surface area contributed by atoms with Gasteiger partial charge in [0.25, 0.3) is 0 Å². The predicted molar refractivity (Wildman–Crippen MR) is 257 cm³/mol. The number of rotatable bonds is 33. The number of carbonyl (C=O) groups excluding carboxylic acids is 1. The van der Waals surface area contributed by atoms with Crippen molar-refractivity contribution in [3.8, 4) is 0 Å². The number of unbranched alkanes of at least 4 members (excludes halogenated alkanes) is 20. The van der Waals surface area contributed by atoms with Crippen molar-refractivity contribution in [2.24, 2.45) is 52.3 Å². The highest BCUT2D eigenvalue weighted by atomic mass is 16.3. The Bertz CT molecular complexity index is 1110. The van der Waals surface area contributed by atoms with Crippen LogP contribution in [-0.2, 0) is 4.79 Å². The minimum absolute atomic E-state index is 0.187. The highest BCUT2D eigenvalue weighted by Crippen LogP contribution is 2.69. The Morgan fingerprint density at radius 3 is 1.63 bits per heavy atom. The fraction of sp³-hybridized carbons (Fsp3) is 0.982. The number of amides is 1. The molecule has 352 valence electrons. The van der Waals surface area contributed by atoms with Crippen molar-refractivity contribution in [2.45, 2.75) is 266 Å². The van der Waals surface area contributed by atoms with Crippen LogP contribution in [0.5, 0.6) is 0 Å². The molecule has 0 bridgehead atoms. The second-order valence-electron chi connectivity index (χ2n) is 22.3. The minimum Gasteiger partial charge on any atom is -0.393 e. The smallest absolute Gasteiger partial charge is 0.220 e. The first-order valence-electron chi connectivity index (χ1n) is 27.5. The summed E-state index contributed by atoms with van der Waals surface area (Å²) in [5.74, 6) is 3.79. The molecule has 0 radical (unpaired) electrons. The third-order valence-electron chi connectivity index (χ3n) is 18.1. The lowest BCUT2D eigenvalue weighted by molar-refractivity contribution is -0.203. The standard InChI is InChI=1S/C55H104N2O3/c1-7-10-12-14-16-18-20-24-28-40-57(41-29-25-21-19-17-15-13-11-8-2)42-30-26-22-23-27-39-56-51(59)34-31-44(4)47-32-33-48-52-49(36-38-54(47,48)5)55(6)37-35-45(58)43-50(55)46(9-3)53(52)60/h44-50,52-53,58,60H,7-43H2,1-6H3,(H,56,59)/t44-,45-,46-,47-,48+,49+,50+,52+,53-,54-,55-/m1/s1. The molecule has 5 nitrogen and oxygen atoms in total. The van der Waals surface area contributed by atoms with Gasteiger partial charge in [0, 0.05) is 13.0 Å². The molecule has 3 N–H and O–H groups in total. The second kappa shape index (κ2) is 28.3. The monoisotopic (exact) mass is 841 g/mol. The lowest BCUT2D eigenvalue weighted by Gasteiger charge is -2.64. The molecular weight excluding hydrogens is 737 g/mol. The molecule has 0 aliphatic heterocycles. The average molecular weight is 841 g/mol. The van der Waals surface area contributed by atoms with Crippen LogP contribution in [0.2, 0.25) is 0 Å². The predicted octanol–water partition coefficient (Wildman–Crippen LogP) is 14.5. The summed E-state index contributed by atoms with van der Waals surface area (Å²) in [6, 6.07) is 0. The molecule has 5 heteroatoms. The van der Waals surface area contributed by atoms with E-state index in [2.05, 4.69) is 51.8 Å². The van der Waals surface area contributed by atoms with Gasteiger partial charge in [-0.3, -0.25) is 4.79 Å². The Morgan fingerprint density at radius 2 is 1.10 bits per heavy atom. The lowest BCUT2D eigenvalue weighted by Crippen LogP contribution is -2.62. The van der Waals surface area contributed by atoms with E-state index in [0.29, 0.717) is 47.8 Å². The number of aliphatic hydroxyl groups is 2. The number of aliphatic hydroxyl groups excluding tert-OH is 2. The fourth-order valence-corrected chi connectivity index (χ4v) is 14.4. The van der Waals surface area contributed by atoms with Crippen molar-refractivity contribution in [3.63, 3.8) is 0 Å². The van der Waals surface area contributed by atoms with Gasteiger partial charge in [-0.25, -0.2) is 0 Å². The van der Waals surface area contributed by atoms with E-state index in [1.54, 1.807) is 0 Å². The van der Waals surface area contributed by atoms with Gasteiger partial charge in [-0.2, -0.15) is 0 Å². The lowest BCUT2D eigenvalue weighted by atomic mass is 9.41.